The lowest BCUT2D eigenvalue weighted by atomic mass is 9.99. The molecule has 0 aliphatic heterocycles. The Morgan fingerprint density at radius 3 is 1.88 bits per heavy atom. The van der Waals surface area contributed by atoms with Crippen LogP contribution in [0, 0.1) is 0 Å². The van der Waals surface area contributed by atoms with Gasteiger partial charge >= 0.3 is 0 Å². The first-order valence-electron chi connectivity index (χ1n) is 9.15. The SMILES string of the molecule is CCCCCCCCC(=O)c1ccc(C(=O)c2cc(Cl)cc(Cl)c2)cc1. The molecule has 0 aromatic heterocycles. The molecule has 138 valence electrons. The largest absolute Gasteiger partial charge is 0.294 e. The summed E-state index contributed by atoms with van der Waals surface area (Å²) in [7, 11) is 0. The van der Waals surface area contributed by atoms with E-state index >= 15 is 0 Å². The van der Waals surface area contributed by atoms with Crippen molar-refractivity contribution in [1.82, 2.24) is 0 Å². The third-order valence-electron chi connectivity index (χ3n) is 4.35. The van der Waals surface area contributed by atoms with Gasteiger partial charge in [-0.05, 0) is 24.6 Å². The van der Waals surface area contributed by atoms with Crippen LogP contribution in [-0.4, -0.2) is 11.6 Å². The number of rotatable bonds is 10. The zero-order valence-corrected chi connectivity index (χ0v) is 16.6. The molecule has 0 amide bonds. The summed E-state index contributed by atoms with van der Waals surface area (Å²) < 4.78 is 0. The molecule has 2 nitrogen and oxygen atoms in total. The number of carbonyl (C=O) groups excluding carboxylic acids is 2. The lowest BCUT2D eigenvalue weighted by molar-refractivity contribution is 0.0977. The van der Waals surface area contributed by atoms with Gasteiger partial charge in [0.15, 0.2) is 11.6 Å². The number of carbonyl (C=O) groups is 2. The molecule has 0 aliphatic rings. The number of unbranched alkanes of at least 4 members (excludes halogenated alkanes) is 5. The van der Waals surface area contributed by atoms with E-state index in [4.69, 9.17) is 23.2 Å². The molecule has 0 fully saturated rings. The molecule has 0 saturated carbocycles. The molecule has 0 saturated heterocycles. The first-order valence-corrected chi connectivity index (χ1v) is 9.91. The van der Waals surface area contributed by atoms with Gasteiger partial charge in [-0.2, -0.15) is 0 Å². The molecule has 0 spiro atoms. The van der Waals surface area contributed by atoms with E-state index in [2.05, 4.69) is 6.92 Å². The Balaban J connectivity index is 1.92. The van der Waals surface area contributed by atoms with Gasteiger partial charge in [0.1, 0.15) is 0 Å². The average molecular weight is 391 g/mol. The molecule has 0 unspecified atom stereocenters. The standard InChI is InChI=1S/C22H24Cl2O2/c1-2-3-4-5-6-7-8-21(25)16-9-11-17(12-10-16)22(26)18-13-19(23)15-20(24)14-18/h9-15H,2-8H2,1H3. The van der Waals surface area contributed by atoms with Crippen molar-refractivity contribution in [1.29, 1.82) is 0 Å². The Morgan fingerprint density at radius 1 is 0.731 bits per heavy atom. The Kier molecular flexibility index (Phi) is 8.34. The number of Topliss-reactive ketones (excluding diaryl/α,β-unsaturated/α-hetero) is 1. The fourth-order valence-electron chi connectivity index (χ4n) is 2.87. The first kappa shape index (κ1) is 20.7. The molecule has 0 aliphatic carbocycles. The molecular weight excluding hydrogens is 367 g/mol. The number of benzene rings is 2. The van der Waals surface area contributed by atoms with Gasteiger partial charge in [-0.1, -0.05) is 86.5 Å². The minimum absolute atomic E-state index is 0.130. The summed E-state index contributed by atoms with van der Waals surface area (Å²) in [5, 5.41) is 0.846. The second kappa shape index (κ2) is 10.5. The fourth-order valence-corrected chi connectivity index (χ4v) is 3.40. The minimum Gasteiger partial charge on any atom is -0.294 e. The number of ketones is 2. The van der Waals surface area contributed by atoms with Crippen LogP contribution in [0.25, 0.3) is 0 Å². The lowest BCUT2D eigenvalue weighted by Crippen LogP contribution is -2.03. The summed E-state index contributed by atoms with van der Waals surface area (Å²) in [6.07, 6.45) is 7.50. The van der Waals surface area contributed by atoms with E-state index in [1.54, 1.807) is 42.5 Å². The summed E-state index contributed by atoms with van der Waals surface area (Å²) in [4.78, 5) is 24.8. The van der Waals surface area contributed by atoms with Crippen molar-refractivity contribution in [2.24, 2.45) is 0 Å². The van der Waals surface area contributed by atoms with Gasteiger partial charge in [-0.3, -0.25) is 9.59 Å². The molecule has 2 aromatic rings. The normalized spacial score (nSPS) is 10.7. The predicted octanol–water partition coefficient (Wildman–Crippen LogP) is 7.16. The van der Waals surface area contributed by atoms with Gasteiger partial charge < -0.3 is 0 Å². The van der Waals surface area contributed by atoms with E-state index < -0.39 is 0 Å². The van der Waals surface area contributed by atoms with E-state index in [0.29, 0.717) is 33.2 Å². The Hall–Kier alpha value is -1.64. The van der Waals surface area contributed by atoms with Crippen molar-refractivity contribution < 1.29 is 9.59 Å². The van der Waals surface area contributed by atoms with Crippen molar-refractivity contribution in [3.05, 3.63) is 69.2 Å². The van der Waals surface area contributed by atoms with Crippen LogP contribution in [0.15, 0.2) is 42.5 Å². The summed E-state index contributed by atoms with van der Waals surface area (Å²) in [5.74, 6) is -0.0328. The predicted molar refractivity (Wildman–Crippen MR) is 109 cm³/mol. The Labute approximate surface area is 165 Å². The first-order chi connectivity index (χ1) is 12.5. The summed E-state index contributed by atoms with van der Waals surface area (Å²) in [6, 6.07) is 11.6. The highest BCUT2D eigenvalue weighted by Crippen LogP contribution is 2.21. The fraction of sp³-hybridized carbons (Fsp3) is 0.364. The Morgan fingerprint density at radius 2 is 1.27 bits per heavy atom. The third-order valence-corrected chi connectivity index (χ3v) is 4.79. The van der Waals surface area contributed by atoms with Crippen LogP contribution in [-0.2, 0) is 0 Å². The van der Waals surface area contributed by atoms with E-state index in [1.165, 1.54) is 25.7 Å². The van der Waals surface area contributed by atoms with Gasteiger partial charge in [0.25, 0.3) is 0 Å². The van der Waals surface area contributed by atoms with Crippen LogP contribution >= 0.6 is 23.2 Å². The maximum atomic E-state index is 12.5. The van der Waals surface area contributed by atoms with Gasteiger partial charge in [0.05, 0.1) is 0 Å². The van der Waals surface area contributed by atoms with Crippen LogP contribution in [0.4, 0.5) is 0 Å². The molecule has 2 aromatic carbocycles. The van der Waals surface area contributed by atoms with Crippen molar-refractivity contribution in [3.8, 4) is 0 Å². The van der Waals surface area contributed by atoms with Crippen LogP contribution < -0.4 is 0 Å². The average Bonchev–Trinajstić information content (AvgIpc) is 2.63. The molecule has 26 heavy (non-hydrogen) atoms. The van der Waals surface area contributed by atoms with Crippen LogP contribution in [0.2, 0.25) is 10.0 Å². The number of halogens is 2. The summed E-state index contributed by atoms with van der Waals surface area (Å²) >= 11 is 11.9. The highest BCUT2D eigenvalue weighted by molar-refractivity contribution is 6.35. The van der Waals surface area contributed by atoms with Crippen molar-refractivity contribution in [2.75, 3.05) is 0 Å². The van der Waals surface area contributed by atoms with Crippen LogP contribution in [0.1, 0.15) is 78.1 Å². The zero-order chi connectivity index (χ0) is 18.9. The smallest absolute Gasteiger partial charge is 0.193 e. The lowest BCUT2D eigenvalue weighted by Gasteiger charge is -2.05. The van der Waals surface area contributed by atoms with E-state index in [1.807, 2.05) is 0 Å². The second-order valence-corrected chi connectivity index (χ2v) is 7.38. The Bertz CT molecular complexity index is 731. The summed E-state index contributed by atoms with van der Waals surface area (Å²) in [6.45, 7) is 2.19. The molecule has 0 radical (unpaired) electrons. The summed E-state index contributed by atoms with van der Waals surface area (Å²) in [5.41, 5.74) is 1.60. The number of hydrogen-bond acceptors (Lipinski definition) is 2. The maximum Gasteiger partial charge on any atom is 0.193 e. The highest BCUT2D eigenvalue weighted by Gasteiger charge is 2.12. The topological polar surface area (TPSA) is 34.1 Å². The van der Waals surface area contributed by atoms with Crippen LogP contribution in [0.5, 0.6) is 0 Å². The highest BCUT2D eigenvalue weighted by atomic mass is 35.5. The molecule has 0 bridgehead atoms. The van der Waals surface area contributed by atoms with Crippen molar-refractivity contribution >= 4 is 34.8 Å². The molecule has 0 N–H and O–H groups in total. The van der Waals surface area contributed by atoms with Crippen molar-refractivity contribution in [3.63, 3.8) is 0 Å². The van der Waals surface area contributed by atoms with E-state index in [-0.39, 0.29) is 11.6 Å². The maximum absolute atomic E-state index is 12.5. The van der Waals surface area contributed by atoms with Gasteiger partial charge in [-0.25, -0.2) is 0 Å². The zero-order valence-electron chi connectivity index (χ0n) is 15.1. The van der Waals surface area contributed by atoms with Gasteiger partial charge in [0, 0.05) is 33.2 Å². The molecule has 0 heterocycles. The van der Waals surface area contributed by atoms with E-state index in [9.17, 15) is 9.59 Å². The molecule has 4 heteroatoms. The van der Waals surface area contributed by atoms with Crippen molar-refractivity contribution in [2.45, 2.75) is 51.9 Å². The minimum atomic E-state index is -0.163. The van der Waals surface area contributed by atoms with Crippen LogP contribution in [0.3, 0.4) is 0 Å². The quantitative estimate of drug-likeness (QED) is 0.318. The van der Waals surface area contributed by atoms with E-state index in [0.717, 1.165) is 12.8 Å². The van der Waals surface area contributed by atoms with Gasteiger partial charge in [0.2, 0.25) is 0 Å². The number of hydrogen-bond donors (Lipinski definition) is 0. The molecular formula is C22H24Cl2O2. The second-order valence-electron chi connectivity index (χ2n) is 6.51. The molecule has 2 rings (SSSR count). The molecule has 0 atom stereocenters. The monoisotopic (exact) mass is 390 g/mol. The third kappa shape index (κ3) is 6.26. The van der Waals surface area contributed by atoms with Gasteiger partial charge in [-0.15, -0.1) is 0 Å².